The van der Waals surface area contributed by atoms with E-state index in [9.17, 15) is 14.0 Å². The van der Waals surface area contributed by atoms with Crippen molar-refractivity contribution in [2.75, 3.05) is 13.7 Å². The van der Waals surface area contributed by atoms with Crippen molar-refractivity contribution < 1.29 is 18.7 Å². The van der Waals surface area contributed by atoms with Crippen LogP contribution in [0.2, 0.25) is 0 Å². The van der Waals surface area contributed by atoms with E-state index < -0.39 is 0 Å². The summed E-state index contributed by atoms with van der Waals surface area (Å²) in [6.07, 6.45) is 3.91. The van der Waals surface area contributed by atoms with E-state index in [1.807, 2.05) is 0 Å². The monoisotopic (exact) mass is 346 g/mol. The van der Waals surface area contributed by atoms with E-state index in [0.717, 1.165) is 25.7 Å². The second kappa shape index (κ2) is 9.11. The summed E-state index contributed by atoms with van der Waals surface area (Å²) in [5.41, 5.74) is 1.66. The zero-order chi connectivity index (χ0) is 18.2. The smallest absolute Gasteiger partial charge is 0.305 e. The number of aromatic nitrogens is 1. The summed E-state index contributed by atoms with van der Waals surface area (Å²) >= 11 is 0. The van der Waals surface area contributed by atoms with E-state index in [2.05, 4.69) is 15.0 Å². The van der Waals surface area contributed by atoms with E-state index in [-0.39, 0.29) is 17.7 Å². The van der Waals surface area contributed by atoms with Gasteiger partial charge in [0, 0.05) is 30.1 Å². The van der Waals surface area contributed by atoms with Crippen LogP contribution in [0.25, 0.3) is 10.9 Å². The van der Waals surface area contributed by atoms with E-state index in [1.54, 1.807) is 19.1 Å². The first-order chi connectivity index (χ1) is 12.0. The Bertz CT molecular complexity index is 756. The third-order valence-electron chi connectivity index (χ3n) is 3.97. The number of benzene rings is 1. The van der Waals surface area contributed by atoms with Gasteiger partial charge in [-0.05, 0) is 38.0 Å². The number of methoxy groups -OCH3 is 1. The maximum Gasteiger partial charge on any atom is 0.305 e. The first-order valence-corrected chi connectivity index (χ1v) is 8.43. The molecule has 0 aliphatic rings. The molecule has 134 valence electrons. The predicted octanol–water partition coefficient (Wildman–Crippen LogP) is 3.54. The van der Waals surface area contributed by atoms with Gasteiger partial charge in [-0.2, -0.15) is 0 Å². The molecule has 0 fully saturated rings. The van der Waals surface area contributed by atoms with Crippen molar-refractivity contribution in [2.45, 2.75) is 39.0 Å². The Morgan fingerprint density at radius 2 is 1.92 bits per heavy atom. The van der Waals surface area contributed by atoms with Crippen molar-refractivity contribution in [1.82, 2.24) is 10.3 Å². The molecule has 1 aromatic heterocycles. The molecule has 0 saturated carbocycles. The quantitative estimate of drug-likeness (QED) is 0.586. The average Bonchev–Trinajstić information content (AvgIpc) is 2.59. The van der Waals surface area contributed by atoms with Crippen molar-refractivity contribution >= 4 is 22.8 Å². The van der Waals surface area contributed by atoms with Crippen LogP contribution in [-0.2, 0) is 9.53 Å². The van der Waals surface area contributed by atoms with Gasteiger partial charge in [-0.3, -0.25) is 14.6 Å². The highest BCUT2D eigenvalue weighted by Crippen LogP contribution is 2.19. The lowest BCUT2D eigenvalue weighted by Crippen LogP contribution is -2.25. The molecule has 2 rings (SSSR count). The number of carbonyl (C=O) groups excluding carboxylic acids is 2. The number of hydrogen-bond acceptors (Lipinski definition) is 4. The molecule has 1 amide bonds. The SMILES string of the molecule is COC(=O)CCCCCCNC(=O)c1cc(C)nc2cc(F)ccc12. The van der Waals surface area contributed by atoms with Crippen molar-refractivity contribution in [1.29, 1.82) is 0 Å². The molecular formula is C19H23FN2O3. The number of esters is 1. The predicted molar refractivity (Wildman–Crippen MR) is 93.9 cm³/mol. The Morgan fingerprint density at radius 3 is 2.68 bits per heavy atom. The number of nitrogens with one attached hydrogen (secondary N) is 1. The third-order valence-corrected chi connectivity index (χ3v) is 3.97. The molecule has 5 nitrogen and oxygen atoms in total. The van der Waals surface area contributed by atoms with Gasteiger partial charge in [-0.15, -0.1) is 0 Å². The third kappa shape index (κ3) is 5.52. The lowest BCUT2D eigenvalue weighted by atomic mass is 10.1. The minimum atomic E-state index is -0.371. The number of aryl methyl sites for hydroxylation is 1. The molecule has 0 aliphatic carbocycles. The van der Waals surface area contributed by atoms with Crippen molar-refractivity contribution in [3.05, 3.63) is 41.3 Å². The molecule has 25 heavy (non-hydrogen) atoms. The average molecular weight is 346 g/mol. The van der Waals surface area contributed by atoms with Crippen LogP contribution in [0.1, 0.15) is 48.2 Å². The number of hydrogen-bond donors (Lipinski definition) is 1. The number of rotatable bonds is 8. The molecule has 0 radical (unpaired) electrons. The van der Waals surface area contributed by atoms with Gasteiger partial charge in [0.25, 0.3) is 5.91 Å². The summed E-state index contributed by atoms with van der Waals surface area (Å²) in [6, 6.07) is 5.96. The molecule has 2 aromatic rings. The zero-order valence-electron chi connectivity index (χ0n) is 14.6. The normalized spacial score (nSPS) is 10.7. The number of unbranched alkanes of at least 4 members (excludes halogenated alkanes) is 3. The summed E-state index contributed by atoms with van der Waals surface area (Å²) in [5, 5.41) is 3.53. The van der Waals surface area contributed by atoms with Gasteiger partial charge in [0.05, 0.1) is 18.2 Å². The molecule has 1 heterocycles. The first kappa shape index (κ1) is 18.8. The fourth-order valence-corrected chi connectivity index (χ4v) is 2.67. The molecule has 0 bridgehead atoms. The van der Waals surface area contributed by atoms with E-state index in [0.29, 0.717) is 35.1 Å². The number of carbonyl (C=O) groups is 2. The molecule has 6 heteroatoms. The van der Waals surface area contributed by atoms with Gasteiger partial charge in [-0.1, -0.05) is 12.8 Å². The molecular weight excluding hydrogens is 323 g/mol. The van der Waals surface area contributed by atoms with Crippen LogP contribution in [-0.4, -0.2) is 30.5 Å². The molecule has 1 N–H and O–H groups in total. The van der Waals surface area contributed by atoms with Crippen LogP contribution in [0.15, 0.2) is 24.3 Å². The Kier molecular flexibility index (Phi) is 6.86. The van der Waals surface area contributed by atoms with E-state index >= 15 is 0 Å². The molecule has 0 atom stereocenters. The van der Waals surface area contributed by atoms with Gasteiger partial charge < -0.3 is 10.1 Å². The van der Waals surface area contributed by atoms with Crippen LogP contribution in [0.4, 0.5) is 4.39 Å². The van der Waals surface area contributed by atoms with Crippen LogP contribution in [0, 0.1) is 12.7 Å². The molecule has 1 aromatic carbocycles. The van der Waals surface area contributed by atoms with Gasteiger partial charge in [-0.25, -0.2) is 4.39 Å². The lowest BCUT2D eigenvalue weighted by Gasteiger charge is -2.09. The Morgan fingerprint density at radius 1 is 1.16 bits per heavy atom. The maximum absolute atomic E-state index is 13.4. The largest absolute Gasteiger partial charge is 0.469 e. The molecule has 0 aliphatic heterocycles. The van der Waals surface area contributed by atoms with Crippen LogP contribution >= 0.6 is 0 Å². The Hall–Kier alpha value is -2.50. The standard InChI is InChI=1S/C19H23FN2O3/c1-13-11-16(15-9-8-14(20)12-17(15)22-13)19(24)21-10-6-4-3-5-7-18(23)25-2/h8-9,11-12H,3-7,10H2,1-2H3,(H,21,24). The van der Waals surface area contributed by atoms with E-state index in [4.69, 9.17) is 0 Å². The van der Waals surface area contributed by atoms with Gasteiger partial charge in [0.2, 0.25) is 0 Å². The number of halogens is 1. The maximum atomic E-state index is 13.4. The second-order valence-corrected chi connectivity index (χ2v) is 5.97. The summed E-state index contributed by atoms with van der Waals surface area (Å²) in [7, 11) is 1.39. The second-order valence-electron chi connectivity index (χ2n) is 5.97. The highest BCUT2D eigenvalue weighted by Gasteiger charge is 2.12. The Balaban J connectivity index is 1.85. The summed E-state index contributed by atoms with van der Waals surface area (Å²) in [4.78, 5) is 27.7. The molecule has 0 unspecified atom stereocenters. The first-order valence-electron chi connectivity index (χ1n) is 8.43. The summed E-state index contributed by atoms with van der Waals surface area (Å²) in [6.45, 7) is 2.34. The topological polar surface area (TPSA) is 68.3 Å². The fraction of sp³-hybridized carbons (Fsp3) is 0.421. The number of ether oxygens (including phenoxy) is 1. The lowest BCUT2D eigenvalue weighted by molar-refractivity contribution is -0.140. The number of pyridine rings is 1. The van der Waals surface area contributed by atoms with Crippen LogP contribution in [0.3, 0.4) is 0 Å². The minimum Gasteiger partial charge on any atom is -0.469 e. The summed E-state index contributed by atoms with van der Waals surface area (Å²) < 4.78 is 17.9. The van der Waals surface area contributed by atoms with Crippen molar-refractivity contribution in [3.63, 3.8) is 0 Å². The van der Waals surface area contributed by atoms with Gasteiger partial charge >= 0.3 is 5.97 Å². The zero-order valence-corrected chi connectivity index (χ0v) is 14.6. The van der Waals surface area contributed by atoms with Gasteiger partial charge in [0.1, 0.15) is 5.82 Å². The van der Waals surface area contributed by atoms with Gasteiger partial charge in [0.15, 0.2) is 0 Å². The Labute approximate surface area is 146 Å². The van der Waals surface area contributed by atoms with Crippen molar-refractivity contribution in [2.24, 2.45) is 0 Å². The number of fused-ring (bicyclic) bond motifs is 1. The number of nitrogens with zero attached hydrogens (tertiary/aromatic N) is 1. The highest BCUT2D eigenvalue weighted by atomic mass is 19.1. The molecule has 0 saturated heterocycles. The number of amides is 1. The van der Waals surface area contributed by atoms with Crippen LogP contribution < -0.4 is 5.32 Å². The molecule has 0 spiro atoms. The van der Waals surface area contributed by atoms with Crippen LogP contribution in [0.5, 0.6) is 0 Å². The fourth-order valence-electron chi connectivity index (χ4n) is 2.67. The van der Waals surface area contributed by atoms with E-state index in [1.165, 1.54) is 19.2 Å². The minimum absolute atomic E-state index is 0.184. The highest BCUT2D eigenvalue weighted by molar-refractivity contribution is 6.06. The van der Waals surface area contributed by atoms with Crippen molar-refractivity contribution in [3.8, 4) is 0 Å². The summed E-state index contributed by atoms with van der Waals surface area (Å²) in [5.74, 6) is -0.745.